The minimum atomic E-state index is -0.954. The largest absolute Gasteiger partial charge is 0.490 e. The van der Waals surface area contributed by atoms with Gasteiger partial charge in [0.2, 0.25) is 5.89 Å². The van der Waals surface area contributed by atoms with Crippen LogP contribution in [0.1, 0.15) is 45.4 Å². The molecule has 3 heterocycles. The molecule has 0 amide bonds. The minimum absolute atomic E-state index is 0.186. The summed E-state index contributed by atoms with van der Waals surface area (Å²) in [5.74, 6) is -1.27. The summed E-state index contributed by atoms with van der Waals surface area (Å²) in [5.41, 5.74) is 8.13. The zero-order valence-corrected chi connectivity index (χ0v) is 21.9. The molecule has 2 aliphatic rings. The van der Waals surface area contributed by atoms with E-state index in [4.69, 9.17) is 9.15 Å². The molecule has 0 unspecified atom stereocenters. The number of carbonyl (C=O) groups is 1. The van der Waals surface area contributed by atoms with Gasteiger partial charge >= 0.3 is 12.0 Å². The molecule has 9 heteroatoms. The molecule has 0 saturated carbocycles. The van der Waals surface area contributed by atoms with E-state index in [1.165, 1.54) is 18.2 Å². The Hall–Kier alpha value is -4.27. The zero-order chi connectivity index (χ0) is 27.4. The van der Waals surface area contributed by atoms with Crippen LogP contribution in [0.15, 0.2) is 34.7 Å². The smallest absolute Gasteiger partial charge is 0.319 e. The number of rotatable bonds is 5. The second kappa shape index (κ2) is 9.48. The van der Waals surface area contributed by atoms with E-state index < -0.39 is 17.6 Å². The van der Waals surface area contributed by atoms with Crippen molar-refractivity contribution in [3.05, 3.63) is 80.9 Å². The van der Waals surface area contributed by atoms with Crippen LogP contribution in [0, 0.1) is 32.4 Å². The summed E-state index contributed by atoms with van der Waals surface area (Å²) in [6.07, 6.45) is 1.33. The summed E-state index contributed by atoms with van der Waals surface area (Å²) in [4.78, 5) is 13.9. The number of nitrogens with zero attached hydrogens (tertiary/aromatic N) is 3. The number of aromatic nitrogens is 2. The zero-order valence-electron chi connectivity index (χ0n) is 21.9. The van der Waals surface area contributed by atoms with Crippen molar-refractivity contribution < 1.29 is 27.8 Å². The van der Waals surface area contributed by atoms with Gasteiger partial charge in [-0.15, -0.1) is 5.10 Å². The number of hydrogen-bond donors (Lipinski definition) is 1. The summed E-state index contributed by atoms with van der Waals surface area (Å²) < 4.78 is 40.5. The Labute approximate surface area is 224 Å². The SMILES string of the molecule is Cc1c(-c2c(C)c3c(c(C)c2CC(=O)O)CN(c2nnc(-c4cccc(F)c4)o2)C3)cc(F)c2c1CCCO2. The summed E-state index contributed by atoms with van der Waals surface area (Å²) in [6.45, 7) is 7.22. The molecule has 7 nitrogen and oxygen atoms in total. The summed E-state index contributed by atoms with van der Waals surface area (Å²) in [6, 6.07) is 7.73. The van der Waals surface area contributed by atoms with E-state index in [9.17, 15) is 14.3 Å². The fraction of sp³-hybridized carbons (Fsp3) is 0.300. The molecule has 1 aromatic heterocycles. The fourth-order valence-electron chi connectivity index (χ4n) is 5.94. The van der Waals surface area contributed by atoms with Crippen molar-refractivity contribution in [3.8, 4) is 28.3 Å². The van der Waals surface area contributed by atoms with Crippen LogP contribution in [-0.4, -0.2) is 27.9 Å². The molecule has 200 valence electrons. The van der Waals surface area contributed by atoms with Crippen molar-refractivity contribution in [3.63, 3.8) is 0 Å². The molecule has 1 N–H and O–H groups in total. The summed E-state index contributed by atoms with van der Waals surface area (Å²) in [5, 5.41) is 18.1. The highest BCUT2D eigenvalue weighted by Gasteiger charge is 2.32. The number of carboxylic acid groups (broad SMARTS) is 1. The quantitative estimate of drug-likeness (QED) is 0.334. The third-order valence-electron chi connectivity index (χ3n) is 7.89. The molecule has 0 bridgehead atoms. The van der Waals surface area contributed by atoms with Gasteiger partial charge < -0.3 is 19.2 Å². The lowest BCUT2D eigenvalue weighted by molar-refractivity contribution is -0.136. The van der Waals surface area contributed by atoms with Gasteiger partial charge in [0.05, 0.1) is 13.0 Å². The van der Waals surface area contributed by atoms with Crippen LogP contribution in [0.4, 0.5) is 14.8 Å². The Morgan fingerprint density at radius 2 is 1.79 bits per heavy atom. The molecule has 0 saturated heterocycles. The lowest BCUT2D eigenvalue weighted by Crippen LogP contribution is -2.15. The number of hydrogen-bond acceptors (Lipinski definition) is 6. The predicted octanol–water partition coefficient (Wildman–Crippen LogP) is 6.08. The molecular formula is C30H27F2N3O4. The van der Waals surface area contributed by atoms with Crippen molar-refractivity contribution in [1.82, 2.24) is 10.2 Å². The Morgan fingerprint density at radius 1 is 1.03 bits per heavy atom. The van der Waals surface area contributed by atoms with Crippen molar-refractivity contribution in [2.24, 2.45) is 0 Å². The molecule has 6 rings (SSSR count). The summed E-state index contributed by atoms with van der Waals surface area (Å²) >= 11 is 0. The van der Waals surface area contributed by atoms with Gasteiger partial charge in [-0.1, -0.05) is 11.2 Å². The van der Waals surface area contributed by atoms with Gasteiger partial charge in [0.25, 0.3) is 0 Å². The van der Waals surface area contributed by atoms with Gasteiger partial charge in [-0.25, -0.2) is 8.78 Å². The Balaban J connectivity index is 1.45. The van der Waals surface area contributed by atoms with Crippen molar-refractivity contribution in [2.45, 2.75) is 53.1 Å². The first-order valence-electron chi connectivity index (χ1n) is 12.9. The first-order chi connectivity index (χ1) is 18.7. The molecule has 0 aliphatic carbocycles. The number of anilines is 1. The fourth-order valence-corrected chi connectivity index (χ4v) is 5.94. The highest BCUT2D eigenvalue weighted by atomic mass is 19.1. The molecule has 3 aromatic carbocycles. The van der Waals surface area contributed by atoms with E-state index in [2.05, 4.69) is 10.2 Å². The number of aliphatic carboxylic acids is 1. The second-order valence-electron chi connectivity index (χ2n) is 10.2. The van der Waals surface area contributed by atoms with Gasteiger partial charge in [-0.3, -0.25) is 4.79 Å². The van der Waals surface area contributed by atoms with Gasteiger partial charge in [0.1, 0.15) is 5.82 Å². The maximum absolute atomic E-state index is 15.2. The number of benzene rings is 3. The predicted molar refractivity (Wildman–Crippen MR) is 141 cm³/mol. The van der Waals surface area contributed by atoms with Gasteiger partial charge in [-0.2, -0.15) is 0 Å². The van der Waals surface area contributed by atoms with E-state index >= 15 is 4.39 Å². The third kappa shape index (κ3) is 4.22. The topological polar surface area (TPSA) is 88.7 Å². The van der Waals surface area contributed by atoms with Gasteiger partial charge in [-0.05, 0) is 102 Å². The molecule has 0 radical (unpaired) electrons. The average molecular weight is 532 g/mol. The first kappa shape index (κ1) is 25.0. The normalized spacial score (nSPS) is 14.2. The van der Waals surface area contributed by atoms with Crippen LogP contribution >= 0.6 is 0 Å². The third-order valence-corrected chi connectivity index (χ3v) is 7.89. The highest BCUT2D eigenvalue weighted by Crippen LogP contribution is 2.44. The van der Waals surface area contributed by atoms with Crippen LogP contribution in [0.5, 0.6) is 5.75 Å². The Kier molecular flexibility index (Phi) is 6.09. The van der Waals surface area contributed by atoms with Gasteiger partial charge in [0, 0.05) is 24.2 Å². The van der Waals surface area contributed by atoms with E-state index in [-0.39, 0.29) is 12.3 Å². The van der Waals surface area contributed by atoms with Crippen LogP contribution in [0.25, 0.3) is 22.6 Å². The molecule has 4 aromatic rings. The van der Waals surface area contributed by atoms with Crippen LogP contribution in [-0.2, 0) is 30.7 Å². The summed E-state index contributed by atoms with van der Waals surface area (Å²) in [7, 11) is 0. The minimum Gasteiger partial charge on any atom is -0.490 e. The molecule has 0 spiro atoms. The van der Waals surface area contributed by atoms with Crippen molar-refractivity contribution >= 4 is 12.0 Å². The van der Waals surface area contributed by atoms with Crippen LogP contribution < -0.4 is 9.64 Å². The van der Waals surface area contributed by atoms with E-state index in [1.807, 2.05) is 25.7 Å². The van der Waals surface area contributed by atoms with Gasteiger partial charge in [0.15, 0.2) is 11.6 Å². The lowest BCUT2D eigenvalue weighted by Gasteiger charge is -2.25. The van der Waals surface area contributed by atoms with E-state index in [0.717, 1.165) is 45.4 Å². The maximum atomic E-state index is 15.2. The van der Waals surface area contributed by atoms with Crippen LogP contribution in [0.3, 0.4) is 0 Å². The number of halogens is 2. The number of fused-ring (bicyclic) bond motifs is 2. The van der Waals surface area contributed by atoms with E-state index in [1.54, 1.807) is 12.1 Å². The second-order valence-corrected chi connectivity index (χ2v) is 10.2. The van der Waals surface area contributed by atoms with Crippen LogP contribution in [0.2, 0.25) is 0 Å². The van der Waals surface area contributed by atoms with E-state index in [0.29, 0.717) is 54.6 Å². The Morgan fingerprint density at radius 3 is 2.54 bits per heavy atom. The molecule has 39 heavy (non-hydrogen) atoms. The number of ether oxygens (including phenoxy) is 1. The standard InChI is InChI=1S/C30H27F2N3O4/c1-15-20-8-5-9-38-28(20)25(32)11-21(15)27-17(3)24-14-35(13-23(24)16(2)22(27)12-26(36)37)30-34-33-29(39-30)18-6-4-7-19(31)10-18/h4,6-7,10-11H,5,8-9,12-14H2,1-3H3,(H,36,37). The lowest BCUT2D eigenvalue weighted by atomic mass is 9.81. The maximum Gasteiger partial charge on any atom is 0.319 e. The van der Waals surface area contributed by atoms with Crippen molar-refractivity contribution in [1.29, 1.82) is 0 Å². The first-order valence-corrected chi connectivity index (χ1v) is 12.9. The Bertz CT molecular complexity index is 1650. The van der Waals surface area contributed by atoms with Crippen molar-refractivity contribution in [2.75, 3.05) is 11.5 Å². The molecular weight excluding hydrogens is 504 g/mol. The highest BCUT2D eigenvalue weighted by molar-refractivity contribution is 5.84. The molecule has 0 fully saturated rings. The molecule has 0 atom stereocenters. The number of carboxylic acids is 1. The molecule has 2 aliphatic heterocycles. The monoisotopic (exact) mass is 531 g/mol. The average Bonchev–Trinajstić information content (AvgIpc) is 3.58.